The first-order valence-corrected chi connectivity index (χ1v) is 7.76. The largest absolute Gasteiger partial charge is 0.396 e. The lowest BCUT2D eigenvalue weighted by Crippen LogP contribution is -2.48. The third kappa shape index (κ3) is 4.42. The summed E-state index contributed by atoms with van der Waals surface area (Å²) >= 11 is 0. The van der Waals surface area contributed by atoms with Gasteiger partial charge in [-0.25, -0.2) is 4.79 Å². The molecule has 3 N–H and O–H groups in total. The number of aryl methyl sites for hydroxylation is 1. The molecule has 1 aliphatic carbocycles. The van der Waals surface area contributed by atoms with E-state index in [0.717, 1.165) is 37.9 Å². The van der Waals surface area contributed by atoms with Crippen molar-refractivity contribution in [2.75, 3.05) is 13.2 Å². The first-order valence-electron chi connectivity index (χ1n) is 7.76. The third-order valence-corrected chi connectivity index (χ3v) is 4.11. The standard InChI is InChI=1S/C14H25N5O2/c1-2-13-18-16-10-19(13)8-7-15-14(21)17-12-6-4-3-5-11(12)9-20/h10-12,20H,2-9H2,1H3,(H2,15,17,21). The number of rotatable bonds is 6. The topological polar surface area (TPSA) is 92.1 Å². The van der Waals surface area contributed by atoms with Gasteiger partial charge < -0.3 is 20.3 Å². The Bertz CT molecular complexity index is 448. The van der Waals surface area contributed by atoms with E-state index in [1.54, 1.807) is 6.33 Å². The van der Waals surface area contributed by atoms with Crippen molar-refractivity contribution in [1.29, 1.82) is 0 Å². The van der Waals surface area contributed by atoms with Crippen molar-refractivity contribution in [2.24, 2.45) is 5.92 Å². The zero-order valence-corrected chi connectivity index (χ0v) is 12.6. The fourth-order valence-electron chi connectivity index (χ4n) is 2.86. The molecule has 1 saturated carbocycles. The molecular formula is C14H25N5O2. The second-order valence-corrected chi connectivity index (χ2v) is 5.53. The van der Waals surface area contributed by atoms with E-state index in [-0.39, 0.29) is 24.6 Å². The molecule has 1 aromatic rings. The molecule has 2 atom stereocenters. The van der Waals surface area contributed by atoms with Crippen LogP contribution in [0.5, 0.6) is 0 Å². The van der Waals surface area contributed by atoms with Gasteiger partial charge in [-0.15, -0.1) is 10.2 Å². The molecule has 0 radical (unpaired) electrons. The van der Waals surface area contributed by atoms with Crippen molar-refractivity contribution in [3.8, 4) is 0 Å². The number of hydrogen-bond acceptors (Lipinski definition) is 4. The van der Waals surface area contributed by atoms with Gasteiger partial charge in [0.1, 0.15) is 12.2 Å². The molecule has 0 aromatic carbocycles. The van der Waals surface area contributed by atoms with E-state index in [9.17, 15) is 9.90 Å². The van der Waals surface area contributed by atoms with Crippen LogP contribution >= 0.6 is 0 Å². The molecule has 0 aliphatic heterocycles. The van der Waals surface area contributed by atoms with Crippen molar-refractivity contribution in [3.05, 3.63) is 12.2 Å². The van der Waals surface area contributed by atoms with Crippen LogP contribution in [0.2, 0.25) is 0 Å². The van der Waals surface area contributed by atoms with E-state index in [0.29, 0.717) is 13.1 Å². The van der Waals surface area contributed by atoms with Crippen molar-refractivity contribution in [2.45, 2.75) is 51.6 Å². The van der Waals surface area contributed by atoms with Gasteiger partial charge in [-0.2, -0.15) is 0 Å². The number of nitrogens with zero attached hydrogens (tertiary/aromatic N) is 3. The number of nitrogens with one attached hydrogen (secondary N) is 2. The summed E-state index contributed by atoms with van der Waals surface area (Å²) in [5, 5.41) is 23.0. The first kappa shape index (κ1) is 15.8. The Morgan fingerprint density at radius 3 is 3.05 bits per heavy atom. The number of aromatic nitrogens is 3. The van der Waals surface area contributed by atoms with Crippen LogP contribution in [-0.2, 0) is 13.0 Å². The van der Waals surface area contributed by atoms with E-state index < -0.39 is 0 Å². The van der Waals surface area contributed by atoms with Gasteiger partial charge in [-0.05, 0) is 12.8 Å². The molecule has 21 heavy (non-hydrogen) atoms. The number of aliphatic hydroxyl groups is 1. The summed E-state index contributed by atoms with van der Waals surface area (Å²) in [6.45, 7) is 3.37. The number of hydrogen-bond donors (Lipinski definition) is 3. The molecule has 0 spiro atoms. The van der Waals surface area contributed by atoms with E-state index in [2.05, 4.69) is 20.8 Å². The maximum Gasteiger partial charge on any atom is 0.315 e. The number of carbonyl (C=O) groups excluding carboxylic acids is 1. The molecule has 1 aromatic heterocycles. The zero-order valence-electron chi connectivity index (χ0n) is 12.6. The second-order valence-electron chi connectivity index (χ2n) is 5.53. The lowest BCUT2D eigenvalue weighted by atomic mass is 9.85. The lowest BCUT2D eigenvalue weighted by molar-refractivity contribution is 0.153. The molecule has 0 saturated heterocycles. The maximum atomic E-state index is 11.9. The van der Waals surface area contributed by atoms with Crippen LogP contribution in [0.3, 0.4) is 0 Å². The van der Waals surface area contributed by atoms with Gasteiger partial charge in [-0.1, -0.05) is 19.8 Å². The summed E-state index contributed by atoms with van der Waals surface area (Å²) in [5.74, 6) is 1.11. The van der Waals surface area contributed by atoms with Crippen LogP contribution in [-0.4, -0.2) is 45.1 Å². The van der Waals surface area contributed by atoms with E-state index in [1.165, 1.54) is 0 Å². The highest BCUT2D eigenvalue weighted by atomic mass is 16.3. The second kappa shape index (κ2) is 7.97. The lowest BCUT2D eigenvalue weighted by Gasteiger charge is -2.30. The maximum absolute atomic E-state index is 11.9. The Kier molecular flexibility index (Phi) is 5.98. The van der Waals surface area contributed by atoms with Crippen LogP contribution in [0.4, 0.5) is 4.79 Å². The van der Waals surface area contributed by atoms with Crippen molar-refractivity contribution < 1.29 is 9.90 Å². The smallest absolute Gasteiger partial charge is 0.315 e. The van der Waals surface area contributed by atoms with Crippen molar-refractivity contribution in [3.63, 3.8) is 0 Å². The third-order valence-electron chi connectivity index (χ3n) is 4.11. The molecule has 7 nitrogen and oxygen atoms in total. The summed E-state index contributed by atoms with van der Waals surface area (Å²) in [6, 6.07) is -0.0728. The minimum absolute atomic E-state index is 0.0878. The fraction of sp³-hybridized carbons (Fsp3) is 0.786. The molecule has 118 valence electrons. The molecular weight excluding hydrogens is 270 g/mol. The zero-order chi connectivity index (χ0) is 15.1. The van der Waals surface area contributed by atoms with Gasteiger partial charge >= 0.3 is 6.03 Å². The Labute approximate surface area is 125 Å². The SMILES string of the molecule is CCc1nncn1CCNC(=O)NC1CCCCC1CO. The van der Waals surface area contributed by atoms with E-state index in [1.807, 2.05) is 11.5 Å². The van der Waals surface area contributed by atoms with Crippen LogP contribution in [0.1, 0.15) is 38.4 Å². The Hall–Kier alpha value is -1.63. The van der Waals surface area contributed by atoms with Gasteiger partial charge in [0.15, 0.2) is 0 Å². The Morgan fingerprint density at radius 2 is 2.29 bits per heavy atom. The highest BCUT2D eigenvalue weighted by Crippen LogP contribution is 2.23. The number of urea groups is 1. The summed E-state index contributed by atoms with van der Waals surface area (Å²) < 4.78 is 1.94. The first-order chi connectivity index (χ1) is 10.2. The van der Waals surface area contributed by atoms with Crippen molar-refractivity contribution in [1.82, 2.24) is 25.4 Å². The molecule has 1 fully saturated rings. The Balaban J connectivity index is 1.72. The summed E-state index contributed by atoms with van der Waals surface area (Å²) in [7, 11) is 0. The summed E-state index contributed by atoms with van der Waals surface area (Å²) in [4.78, 5) is 11.9. The van der Waals surface area contributed by atoms with E-state index >= 15 is 0 Å². The average molecular weight is 295 g/mol. The quantitative estimate of drug-likeness (QED) is 0.720. The van der Waals surface area contributed by atoms with Gasteiger partial charge in [0.05, 0.1) is 0 Å². The minimum Gasteiger partial charge on any atom is -0.396 e. The normalized spacial score (nSPS) is 22.0. The van der Waals surface area contributed by atoms with Gasteiger partial charge in [0, 0.05) is 38.1 Å². The van der Waals surface area contributed by atoms with Crippen LogP contribution in [0, 0.1) is 5.92 Å². The molecule has 2 rings (SSSR count). The van der Waals surface area contributed by atoms with Gasteiger partial charge in [0.2, 0.25) is 0 Å². The predicted octanol–water partition coefficient (Wildman–Crippen LogP) is 0.691. The number of aliphatic hydroxyl groups excluding tert-OH is 1. The van der Waals surface area contributed by atoms with Gasteiger partial charge in [-0.3, -0.25) is 0 Å². The van der Waals surface area contributed by atoms with Crippen LogP contribution in [0.25, 0.3) is 0 Å². The number of carbonyl (C=O) groups is 1. The molecule has 0 bridgehead atoms. The molecule has 1 aliphatic rings. The highest BCUT2D eigenvalue weighted by Gasteiger charge is 2.25. The Morgan fingerprint density at radius 1 is 1.48 bits per heavy atom. The van der Waals surface area contributed by atoms with Crippen LogP contribution in [0.15, 0.2) is 6.33 Å². The summed E-state index contributed by atoms with van der Waals surface area (Å²) in [5.41, 5.74) is 0. The number of amides is 2. The van der Waals surface area contributed by atoms with E-state index in [4.69, 9.17) is 0 Å². The average Bonchev–Trinajstić information content (AvgIpc) is 2.95. The summed E-state index contributed by atoms with van der Waals surface area (Å²) in [6.07, 6.45) is 6.69. The van der Waals surface area contributed by atoms with Crippen LogP contribution < -0.4 is 10.6 Å². The van der Waals surface area contributed by atoms with Crippen molar-refractivity contribution >= 4 is 6.03 Å². The highest BCUT2D eigenvalue weighted by molar-refractivity contribution is 5.74. The fourth-order valence-corrected chi connectivity index (χ4v) is 2.86. The monoisotopic (exact) mass is 295 g/mol. The minimum atomic E-state index is -0.161. The molecule has 2 amide bonds. The molecule has 7 heteroatoms. The molecule has 2 unspecified atom stereocenters. The predicted molar refractivity (Wildman–Crippen MR) is 78.8 cm³/mol. The van der Waals surface area contributed by atoms with Gasteiger partial charge in [0.25, 0.3) is 0 Å². The molecule has 1 heterocycles.